The van der Waals surface area contributed by atoms with Gasteiger partial charge in [-0.3, -0.25) is 5.21 Å². The third-order valence-corrected chi connectivity index (χ3v) is 4.36. The number of hydrogen-bond acceptors (Lipinski definition) is 2. The van der Waals surface area contributed by atoms with Crippen molar-refractivity contribution in [3.8, 4) is 0 Å². The van der Waals surface area contributed by atoms with Gasteiger partial charge in [-0.2, -0.15) is 0 Å². The topological polar surface area (TPSA) is 35.3 Å². The van der Waals surface area contributed by atoms with E-state index in [0.717, 1.165) is 16.7 Å². The van der Waals surface area contributed by atoms with Crippen LogP contribution in [0.2, 0.25) is 0 Å². The Bertz CT molecular complexity index is 845. The number of rotatable bonds is 3. The number of nitrogens with zero attached hydrogens (tertiary/aromatic N) is 1. The van der Waals surface area contributed by atoms with Crippen molar-refractivity contribution < 1.29 is 9.74 Å². The van der Waals surface area contributed by atoms with Gasteiger partial charge in [0.2, 0.25) is 0 Å². The van der Waals surface area contributed by atoms with E-state index in [2.05, 4.69) is 0 Å². The van der Waals surface area contributed by atoms with E-state index in [1.807, 2.05) is 91.0 Å². The van der Waals surface area contributed by atoms with Gasteiger partial charge in [-0.1, -0.05) is 78.9 Å². The van der Waals surface area contributed by atoms with Crippen molar-refractivity contribution in [2.24, 2.45) is 0 Å². The van der Waals surface area contributed by atoms with Crippen LogP contribution in [-0.4, -0.2) is 10.6 Å². The van der Waals surface area contributed by atoms with Gasteiger partial charge < -0.3 is 4.84 Å². The van der Waals surface area contributed by atoms with Crippen LogP contribution in [0.1, 0.15) is 28.7 Å². The van der Waals surface area contributed by atoms with Crippen molar-refractivity contribution in [1.82, 2.24) is 0 Å². The highest BCUT2D eigenvalue weighted by Gasteiger charge is 2.42. The molecule has 0 saturated carbocycles. The number of benzene rings is 3. The van der Waals surface area contributed by atoms with Crippen molar-refractivity contribution >= 4 is 5.71 Å². The molecule has 4 rings (SSSR count). The fourth-order valence-corrected chi connectivity index (χ4v) is 3.26. The molecule has 0 bridgehead atoms. The average molecular weight is 315 g/mol. The van der Waals surface area contributed by atoms with E-state index in [-0.39, 0.29) is 12.0 Å². The molecule has 1 aliphatic rings. The molecule has 3 nitrogen and oxygen atoms in total. The van der Waals surface area contributed by atoms with Gasteiger partial charge in [0.05, 0.1) is 5.92 Å². The fourth-order valence-electron chi connectivity index (χ4n) is 3.26. The highest BCUT2D eigenvalue weighted by atomic mass is 16.9. The standard InChI is InChI=1S/C21H17NO2/c23-22-20(17-12-6-2-7-13-17)19(16-10-4-1-5-11-16)21(24-22)18-14-8-3-9-15-18/h1-15,19,21H/t19-,21-/m0/s1. The van der Waals surface area contributed by atoms with E-state index in [9.17, 15) is 5.21 Å². The Balaban J connectivity index is 1.85. The minimum Gasteiger partial charge on any atom is -0.394 e. The molecule has 0 amide bonds. The lowest BCUT2D eigenvalue weighted by Gasteiger charge is -2.20. The maximum Gasteiger partial charge on any atom is 0.261 e. The molecule has 0 spiro atoms. The van der Waals surface area contributed by atoms with Gasteiger partial charge in [-0.25, -0.2) is 0 Å². The molecule has 0 fully saturated rings. The molecule has 0 N–H and O–H groups in total. The second-order valence-corrected chi connectivity index (χ2v) is 5.83. The SMILES string of the molecule is [O-][N+]1=C(c2ccccc2)[C@H](c2ccccc2)[C@H](c2ccccc2)O1. The van der Waals surface area contributed by atoms with Gasteiger partial charge in [-0.15, -0.1) is 0 Å². The Morgan fingerprint density at radius 3 is 1.75 bits per heavy atom. The van der Waals surface area contributed by atoms with Gasteiger partial charge >= 0.3 is 0 Å². The summed E-state index contributed by atoms with van der Waals surface area (Å²) in [6.07, 6.45) is -0.332. The maximum atomic E-state index is 12.6. The first-order valence-electron chi connectivity index (χ1n) is 8.01. The summed E-state index contributed by atoms with van der Waals surface area (Å²) in [6.45, 7) is 0. The highest BCUT2D eigenvalue weighted by molar-refractivity contribution is 6.02. The highest BCUT2D eigenvalue weighted by Crippen LogP contribution is 2.41. The zero-order valence-corrected chi connectivity index (χ0v) is 13.1. The molecule has 0 unspecified atom stereocenters. The van der Waals surface area contributed by atoms with Gasteiger partial charge in [-0.05, 0) is 23.3 Å². The van der Waals surface area contributed by atoms with E-state index in [4.69, 9.17) is 4.84 Å². The van der Waals surface area contributed by atoms with Gasteiger partial charge in [0.1, 0.15) is 6.10 Å². The van der Waals surface area contributed by atoms with Crippen molar-refractivity contribution in [2.45, 2.75) is 12.0 Å². The molecule has 2 atom stereocenters. The van der Waals surface area contributed by atoms with Crippen molar-refractivity contribution in [3.63, 3.8) is 0 Å². The lowest BCUT2D eigenvalue weighted by Crippen LogP contribution is -2.17. The molecule has 3 heteroatoms. The molecule has 0 radical (unpaired) electrons. The summed E-state index contributed by atoms with van der Waals surface area (Å²) < 4.78 is 0. The van der Waals surface area contributed by atoms with Gasteiger partial charge in [0.15, 0.2) is 0 Å². The second kappa shape index (κ2) is 6.20. The van der Waals surface area contributed by atoms with E-state index >= 15 is 0 Å². The molecule has 0 aromatic heterocycles. The molecule has 0 aliphatic carbocycles. The first-order chi connectivity index (χ1) is 11.8. The largest absolute Gasteiger partial charge is 0.394 e. The van der Waals surface area contributed by atoms with E-state index in [1.54, 1.807) is 0 Å². The molecule has 118 valence electrons. The molecule has 1 aliphatic heterocycles. The molecule has 3 aromatic rings. The van der Waals surface area contributed by atoms with Crippen molar-refractivity contribution in [1.29, 1.82) is 0 Å². The van der Waals surface area contributed by atoms with Crippen LogP contribution < -0.4 is 0 Å². The Morgan fingerprint density at radius 2 is 1.17 bits per heavy atom. The zero-order chi connectivity index (χ0) is 16.4. The predicted molar refractivity (Wildman–Crippen MR) is 93.6 cm³/mol. The lowest BCUT2D eigenvalue weighted by atomic mass is 9.83. The normalized spacial score (nSPS) is 20.0. The van der Waals surface area contributed by atoms with Crippen LogP contribution in [0.4, 0.5) is 0 Å². The summed E-state index contributed by atoms with van der Waals surface area (Å²) in [5.41, 5.74) is 3.61. The monoisotopic (exact) mass is 315 g/mol. The van der Waals surface area contributed by atoms with Crippen LogP contribution in [0.25, 0.3) is 0 Å². The zero-order valence-electron chi connectivity index (χ0n) is 13.1. The van der Waals surface area contributed by atoms with E-state index in [1.165, 1.54) is 0 Å². The van der Waals surface area contributed by atoms with Crippen LogP contribution in [0.15, 0.2) is 91.0 Å². The summed E-state index contributed by atoms with van der Waals surface area (Å²) in [6, 6.07) is 29.7. The Labute approximate surface area is 141 Å². The van der Waals surface area contributed by atoms with Crippen LogP contribution in [0.3, 0.4) is 0 Å². The van der Waals surface area contributed by atoms with Crippen LogP contribution in [-0.2, 0) is 4.84 Å². The smallest absolute Gasteiger partial charge is 0.261 e. The molecule has 1 heterocycles. The molecular formula is C21H17NO2. The molecular weight excluding hydrogens is 298 g/mol. The average Bonchev–Trinajstić information content (AvgIpc) is 3.01. The minimum atomic E-state index is -0.332. The van der Waals surface area contributed by atoms with E-state index in [0.29, 0.717) is 10.6 Å². The summed E-state index contributed by atoms with van der Waals surface area (Å²) in [4.78, 5) is 6.41. The molecule has 24 heavy (non-hydrogen) atoms. The van der Waals surface area contributed by atoms with Crippen LogP contribution in [0, 0.1) is 5.21 Å². The Morgan fingerprint density at radius 1 is 0.667 bits per heavy atom. The van der Waals surface area contributed by atoms with Crippen LogP contribution >= 0.6 is 0 Å². The number of hydrogen-bond donors (Lipinski definition) is 0. The van der Waals surface area contributed by atoms with Crippen molar-refractivity contribution in [3.05, 3.63) is 113 Å². The molecule has 3 aromatic carbocycles. The summed E-state index contributed by atoms with van der Waals surface area (Å²) in [5, 5.41) is 12.6. The predicted octanol–water partition coefficient (Wildman–Crippen LogP) is 4.46. The van der Waals surface area contributed by atoms with Gasteiger partial charge in [0.25, 0.3) is 5.71 Å². The first kappa shape index (κ1) is 14.5. The van der Waals surface area contributed by atoms with Gasteiger partial charge in [0, 0.05) is 10.5 Å². The van der Waals surface area contributed by atoms with E-state index < -0.39 is 0 Å². The summed E-state index contributed by atoms with van der Waals surface area (Å²) >= 11 is 0. The lowest BCUT2D eigenvalue weighted by molar-refractivity contribution is -0.742. The maximum absolute atomic E-state index is 12.6. The fraction of sp³-hybridized carbons (Fsp3) is 0.0952. The first-order valence-corrected chi connectivity index (χ1v) is 8.01. The quantitative estimate of drug-likeness (QED) is 0.669. The Kier molecular flexibility index (Phi) is 3.75. The minimum absolute atomic E-state index is 0.145. The summed E-state index contributed by atoms with van der Waals surface area (Å²) in [5.74, 6) is -0.145. The third-order valence-electron chi connectivity index (χ3n) is 4.36. The Hall–Kier alpha value is -3.07. The van der Waals surface area contributed by atoms with Crippen molar-refractivity contribution in [2.75, 3.05) is 0 Å². The van der Waals surface area contributed by atoms with Crippen LogP contribution in [0.5, 0.6) is 0 Å². The summed E-state index contributed by atoms with van der Waals surface area (Å²) in [7, 11) is 0. The third kappa shape index (κ3) is 2.54. The molecule has 0 saturated heterocycles. The second-order valence-electron chi connectivity index (χ2n) is 5.83.